The third-order valence-corrected chi connectivity index (χ3v) is 6.28. The molecular weight excluding hydrogens is 500 g/mol. The van der Waals surface area contributed by atoms with Crippen molar-refractivity contribution in [2.45, 2.75) is 85.1 Å². The molecule has 10 nitrogen and oxygen atoms in total. The number of carbonyl (C=O) groups is 3. The van der Waals surface area contributed by atoms with E-state index in [0.717, 1.165) is 11.3 Å². The first-order valence-corrected chi connectivity index (χ1v) is 13.5. The number of ether oxygens (including phenoxy) is 3. The molecule has 0 unspecified atom stereocenters. The summed E-state index contributed by atoms with van der Waals surface area (Å²) in [5.41, 5.74) is 1.10. The molecule has 1 saturated heterocycles. The number of aryl methyl sites for hydroxylation is 1. The molecule has 1 fully saturated rings. The summed E-state index contributed by atoms with van der Waals surface area (Å²) in [6.45, 7) is 15.0. The largest absolute Gasteiger partial charge is 0.461 e. The molecule has 0 saturated carbocycles. The lowest BCUT2D eigenvalue weighted by molar-refractivity contribution is -0.00525. The number of aromatic nitrogens is 2. The van der Waals surface area contributed by atoms with E-state index in [9.17, 15) is 14.4 Å². The second kappa shape index (κ2) is 12.5. The molecule has 1 aromatic carbocycles. The first kappa shape index (κ1) is 30.0. The second-order valence-electron chi connectivity index (χ2n) is 11.7. The molecule has 1 aromatic heterocycles. The average molecular weight is 543 g/mol. The Morgan fingerprint density at radius 3 is 2.28 bits per heavy atom. The van der Waals surface area contributed by atoms with E-state index < -0.39 is 23.8 Å². The fraction of sp³-hybridized carbons (Fsp3) is 0.586. The summed E-state index contributed by atoms with van der Waals surface area (Å²) in [4.78, 5) is 42.0. The molecule has 0 N–H and O–H groups in total. The quantitative estimate of drug-likeness (QED) is 0.358. The highest BCUT2D eigenvalue weighted by atomic mass is 16.6. The summed E-state index contributed by atoms with van der Waals surface area (Å²) in [6, 6.07) is 10.9. The van der Waals surface area contributed by atoms with Gasteiger partial charge in [-0.05, 0) is 45.7 Å². The minimum Gasteiger partial charge on any atom is -0.461 e. The van der Waals surface area contributed by atoms with E-state index >= 15 is 0 Å². The summed E-state index contributed by atoms with van der Waals surface area (Å²) in [5, 5.41) is 4.69. The molecule has 0 bridgehead atoms. The van der Waals surface area contributed by atoms with Crippen molar-refractivity contribution in [3.8, 4) is 0 Å². The van der Waals surface area contributed by atoms with E-state index in [1.54, 1.807) is 27.5 Å². The Kier molecular flexibility index (Phi) is 9.63. The van der Waals surface area contributed by atoms with Crippen LogP contribution in [0.15, 0.2) is 36.4 Å². The van der Waals surface area contributed by atoms with Gasteiger partial charge in [0.05, 0.1) is 18.3 Å². The lowest BCUT2D eigenvalue weighted by atomic mass is 9.92. The number of piperazine rings is 1. The highest BCUT2D eigenvalue weighted by molar-refractivity contribution is 5.87. The van der Waals surface area contributed by atoms with Gasteiger partial charge in [-0.15, -0.1) is 0 Å². The van der Waals surface area contributed by atoms with E-state index in [1.165, 1.54) is 0 Å². The normalized spacial score (nSPS) is 16.1. The van der Waals surface area contributed by atoms with Crippen LogP contribution in [0.3, 0.4) is 0 Å². The van der Waals surface area contributed by atoms with Gasteiger partial charge in [-0.25, -0.2) is 14.4 Å². The van der Waals surface area contributed by atoms with Crippen LogP contribution in [0, 0.1) is 0 Å². The van der Waals surface area contributed by atoms with Gasteiger partial charge in [0.2, 0.25) is 0 Å². The van der Waals surface area contributed by atoms with E-state index in [2.05, 4.69) is 0 Å². The average Bonchev–Trinajstić information content (AvgIpc) is 3.31. The molecule has 0 radical (unpaired) electrons. The van der Waals surface area contributed by atoms with Crippen molar-refractivity contribution in [1.82, 2.24) is 19.6 Å². The van der Waals surface area contributed by atoms with Crippen LogP contribution in [0.2, 0.25) is 0 Å². The molecule has 3 rings (SSSR count). The number of hydrogen-bond donors (Lipinski definition) is 0. The minimum absolute atomic E-state index is 0.169. The Labute approximate surface area is 231 Å². The number of benzene rings is 1. The fourth-order valence-electron chi connectivity index (χ4n) is 4.23. The monoisotopic (exact) mass is 542 g/mol. The molecule has 2 amide bonds. The van der Waals surface area contributed by atoms with Crippen molar-refractivity contribution in [2.75, 3.05) is 26.2 Å². The molecule has 0 spiro atoms. The van der Waals surface area contributed by atoms with Crippen LogP contribution in [0.1, 0.15) is 76.6 Å². The SMILES string of the molecule is CCOC(=O)c1cc(C(C)(C)C)nn1CC[C@@H]1CN(C(=O)OCc2ccccc2)CCN1C(=O)OC(C)(C)C. The zero-order valence-electron chi connectivity index (χ0n) is 24.2. The summed E-state index contributed by atoms with van der Waals surface area (Å²) >= 11 is 0. The number of rotatable bonds is 7. The third-order valence-electron chi connectivity index (χ3n) is 6.28. The molecular formula is C29H42N4O6. The van der Waals surface area contributed by atoms with Gasteiger partial charge < -0.3 is 24.0 Å². The number of esters is 1. The van der Waals surface area contributed by atoms with Crippen LogP contribution in [0.4, 0.5) is 9.59 Å². The maximum Gasteiger partial charge on any atom is 0.410 e. The van der Waals surface area contributed by atoms with Crippen molar-refractivity contribution in [2.24, 2.45) is 0 Å². The number of carbonyl (C=O) groups excluding carboxylic acids is 3. The van der Waals surface area contributed by atoms with Crippen molar-refractivity contribution in [3.05, 3.63) is 53.3 Å². The zero-order chi connectivity index (χ0) is 28.8. The van der Waals surface area contributed by atoms with Gasteiger partial charge in [-0.1, -0.05) is 51.1 Å². The fourth-order valence-corrected chi connectivity index (χ4v) is 4.23. The lowest BCUT2D eigenvalue weighted by Gasteiger charge is -2.41. The van der Waals surface area contributed by atoms with Crippen molar-refractivity contribution in [3.63, 3.8) is 0 Å². The third kappa shape index (κ3) is 8.46. The van der Waals surface area contributed by atoms with Gasteiger partial charge in [0.25, 0.3) is 0 Å². The van der Waals surface area contributed by atoms with Gasteiger partial charge in [-0.3, -0.25) is 4.68 Å². The van der Waals surface area contributed by atoms with E-state index in [1.807, 2.05) is 71.9 Å². The lowest BCUT2D eigenvalue weighted by Crippen LogP contribution is -2.57. The highest BCUT2D eigenvalue weighted by Gasteiger charge is 2.36. The molecule has 1 aliphatic heterocycles. The van der Waals surface area contributed by atoms with Crippen LogP contribution in [-0.4, -0.2) is 75.6 Å². The van der Waals surface area contributed by atoms with Crippen molar-refractivity contribution < 1.29 is 28.6 Å². The van der Waals surface area contributed by atoms with Crippen molar-refractivity contribution >= 4 is 18.2 Å². The maximum absolute atomic E-state index is 13.1. The van der Waals surface area contributed by atoms with E-state index in [4.69, 9.17) is 19.3 Å². The molecule has 2 heterocycles. The van der Waals surface area contributed by atoms with E-state index in [0.29, 0.717) is 31.7 Å². The summed E-state index contributed by atoms with van der Waals surface area (Å²) in [7, 11) is 0. The highest BCUT2D eigenvalue weighted by Crippen LogP contribution is 2.24. The van der Waals surface area contributed by atoms with Gasteiger partial charge in [-0.2, -0.15) is 5.10 Å². The zero-order valence-corrected chi connectivity index (χ0v) is 24.2. The predicted octanol–water partition coefficient (Wildman–Crippen LogP) is 5.01. The number of amides is 2. The topological polar surface area (TPSA) is 103 Å². The van der Waals surface area contributed by atoms with Gasteiger partial charge >= 0.3 is 18.2 Å². The van der Waals surface area contributed by atoms with Gasteiger partial charge in [0.1, 0.15) is 17.9 Å². The Balaban J connectivity index is 1.78. The first-order chi connectivity index (χ1) is 18.3. The molecule has 214 valence electrons. The molecule has 1 aliphatic rings. The van der Waals surface area contributed by atoms with Gasteiger partial charge in [0, 0.05) is 31.6 Å². The Bertz CT molecular complexity index is 1130. The molecule has 0 aliphatic carbocycles. The summed E-state index contributed by atoms with van der Waals surface area (Å²) < 4.78 is 18.1. The van der Waals surface area contributed by atoms with Crippen LogP contribution >= 0.6 is 0 Å². The second-order valence-corrected chi connectivity index (χ2v) is 11.7. The van der Waals surface area contributed by atoms with Gasteiger partial charge in [0.15, 0.2) is 0 Å². The van der Waals surface area contributed by atoms with Crippen LogP contribution in [-0.2, 0) is 32.8 Å². The first-order valence-electron chi connectivity index (χ1n) is 13.5. The van der Waals surface area contributed by atoms with Crippen LogP contribution in [0.5, 0.6) is 0 Å². The molecule has 39 heavy (non-hydrogen) atoms. The van der Waals surface area contributed by atoms with Crippen molar-refractivity contribution in [1.29, 1.82) is 0 Å². The van der Waals surface area contributed by atoms with Crippen LogP contribution in [0.25, 0.3) is 0 Å². The molecule has 10 heteroatoms. The van der Waals surface area contributed by atoms with Crippen LogP contribution < -0.4 is 0 Å². The predicted molar refractivity (Wildman–Crippen MR) is 146 cm³/mol. The molecule has 1 atom stereocenters. The molecule has 2 aromatic rings. The minimum atomic E-state index is -0.659. The summed E-state index contributed by atoms with van der Waals surface area (Å²) in [6.07, 6.45) is -0.431. The maximum atomic E-state index is 13.1. The Morgan fingerprint density at radius 2 is 1.67 bits per heavy atom. The summed E-state index contributed by atoms with van der Waals surface area (Å²) in [5.74, 6) is -0.445. The Morgan fingerprint density at radius 1 is 0.974 bits per heavy atom. The van der Waals surface area contributed by atoms with E-state index in [-0.39, 0.29) is 31.2 Å². The number of hydrogen-bond acceptors (Lipinski definition) is 7. The number of nitrogens with zero attached hydrogens (tertiary/aromatic N) is 4. The Hall–Kier alpha value is -3.56. The smallest absolute Gasteiger partial charge is 0.410 e. The standard InChI is InChI=1S/C29H42N4O6/c1-8-37-25(34)23-18-24(28(2,3)4)30-33(23)15-14-22-19-31(16-17-32(22)27(36)39-29(5,6)7)26(35)38-20-21-12-10-9-11-13-21/h9-13,18,22H,8,14-17,19-20H2,1-7H3/t22-/m1/s1.